The molecule has 17 heavy (non-hydrogen) atoms. The number of hydrogen-bond donors (Lipinski definition) is 2. The van der Waals surface area contributed by atoms with E-state index in [0.29, 0.717) is 5.56 Å². The van der Waals surface area contributed by atoms with Crippen molar-refractivity contribution in [3.63, 3.8) is 0 Å². The maximum absolute atomic E-state index is 12.4. The lowest BCUT2D eigenvalue weighted by Gasteiger charge is -2.13. The van der Waals surface area contributed by atoms with Crippen LogP contribution < -0.4 is 5.32 Å². The monoisotopic (exact) mass is 239 g/mol. The molecule has 1 rings (SSSR count). The van der Waals surface area contributed by atoms with Crippen LogP contribution in [-0.4, -0.2) is 29.7 Å². The number of hydrogen-bond acceptors (Lipinski definition) is 2. The zero-order valence-electron chi connectivity index (χ0n) is 9.66. The van der Waals surface area contributed by atoms with Crippen molar-refractivity contribution in [3.8, 4) is 0 Å². The SMILES string of the molecule is Cc1cccc(C)c1C(=O)NC(CF)C(=O)O. The Bertz CT molecular complexity index is 425. The van der Waals surface area contributed by atoms with Gasteiger partial charge in [0, 0.05) is 5.56 Å². The average molecular weight is 239 g/mol. The molecule has 1 aromatic carbocycles. The lowest BCUT2D eigenvalue weighted by atomic mass is 10.0. The lowest BCUT2D eigenvalue weighted by molar-refractivity contribution is -0.139. The molecule has 1 amide bonds. The molecule has 4 nitrogen and oxygen atoms in total. The predicted octanol–water partition coefficient (Wildman–Crippen LogP) is 1.46. The Hall–Kier alpha value is -1.91. The van der Waals surface area contributed by atoms with Gasteiger partial charge in [-0.25, -0.2) is 9.18 Å². The molecule has 1 atom stereocenters. The van der Waals surface area contributed by atoms with E-state index in [-0.39, 0.29) is 0 Å². The number of carbonyl (C=O) groups is 2. The van der Waals surface area contributed by atoms with Crippen molar-refractivity contribution in [2.24, 2.45) is 0 Å². The van der Waals surface area contributed by atoms with Crippen LogP contribution in [0.25, 0.3) is 0 Å². The first kappa shape index (κ1) is 13.2. The van der Waals surface area contributed by atoms with E-state index in [1.54, 1.807) is 32.0 Å². The van der Waals surface area contributed by atoms with Crippen LogP contribution in [0.2, 0.25) is 0 Å². The third-order valence-electron chi connectivity index (χ3n) is 2.47. The minimum absolute atomic E-state index is 0.396. The Morgan fingerprint density at radius 2 is 1.88 bits per heavy atom. The number of rotatable bonds is 4. The summed E-state index contributed by atoms with van der Waals surface area (Å²) >= 11 is 0. The molecule has 0 saturated carbocycles. The summed E-state index contributed by atoms with van der Waals surface area (Å²) in [4.78, 5) is 22.4. The topological polar surface area (TPSA) is 66.4 Å². The summed E-state index contributed by atoms with van der Waals surface area (Å²) < 4.78 is 12.4. The minimum atomic E-state index is -1.50. The summed E-state index contributed by atoms with van der Waals surface area (Å²) in [6.07, 6.45) is 0. The molecule has 0 bridgehead atoms. The van der Waals surface area contributed by atoms with E-state index in [1.807, 2.05) is 0 Å². The Morgan fingerprint density at radius 3 is 2.29 bits per heavy atom. The fourth-order valence-electron chi connectivity index (χ4n) is 1.57. The van der Waals surface area contributed by atoms with Crippen LogP contribution in [0.5, 0.6) is 0 Å². The number of carboxylic acids is 1. The molecule has 0 fully saturated rings. The summed E-state index contributed by atoms with van der Waals surface area (Å²) in [5, 5.41) is 10.8. The second kappa shape index (κ2) is 5.43. The molecule has 0 saturated heterocycles. The van der Waals surface area contributed by atoms with Crippen LogP contribution in [0.4, 0.5) is 4.39 Å². The van der Waals surface area contributed by atoms with E-state index >= 15 is 0 Å². The second-order valence-corrected chi connectivity index (χ2v) is 3.79. The highest BCUT2D eigenvalue weighted by Crippen LogP contribution is 2.13. The van der Waals surface area contributed by atoms with Gasteiger partial charge in [0.05, 0.1) is 0 Å². The molecule has 0 spiro atoms. The van der Waals surface area contributed by atoms with Crippen LogP contribution in [0, 0.1) is 13.8 Å². The van der Waals surface area contributed by atoms with Crippen molar-refractivity contribution in [2.45, 2.75) is 19.9 Å². The lowest BCUT2D eigenvalue weighted by Crippen LogP contribution is -2.42. The molecule has 0 aromatic heterocycles. The van der Waals surface area contributed by atoms with Gasteiger partial charge in [-0.15, -0.1) is 0 Å². The molecule has 0 aliphatic heterocycles. The number of benzene rings is 1. The van der Waals surface area contributed by atoms with Crippen LogP contribution in [0.3, 0.4) is 0 Å². The molecule has 2 N–H and O–H groups in total. The summed E-state index contributed by atoms with van der Waals surface area (Å²) in [6.45, 7) is 2.35. The standard InChI is InChI=1S/C12H14FNO3/c1-7-4-3-5-8(2)10(7)11(15)14-9(6-13)12(16)17/h3-5,9H,6H2,1-2H3,(H,14,15)(H,16,17). The Balaban J connectivity index is 2.94. The maximum Gasteiger partial charge on any atom is 0.328 e. The largest absolute Gasteiger partial charge is 0.480 e. The predicted molar refractivity (Wildman–Crippen MR) is 60.8 cm³/mol. The normalized spacial score (nSPS) is 11.9. The van der Waals surface area contributed by atoms with E-state index in [2.05, 4.69) is 5.32 Å². The molecule has 0 radical (unpaired) electrons. The number of alkyl halides is 1. The van der Waals surface area contributed by atoms with E-state index in [4.69, 9.17) is 5.11 Å². The quantitative estimate of drug-likeness (QED) is 0.835. The minimum Gasteiger partial charge on any atom is -0.480 e. The van der Waals surface area contributed by atoms with Crippen molar-refractivity contribution in [1.29, 1.82) is 0 Å². The van der Waals surface area contributed by atoms with Gasteiger partial charge in [0.25, 0.3) is 5.91 Å². The molecular weight excluding hydrogens is 225 g/mol. The smallest absolute Gasteiger partial charge is 0.328 e. The Kier molecular flexibility index (Phi) is 4.20. The van der Waals surface area contributed by atoms with Crippen LogP contribution in [-0.2, 0) is 4.79 Å². The molecule has 0 aliphatic carbocycles. The fraction of sp³-hybridized carbons (Fsp3) is 0.333. The van der Waals surface area contributed by atoms with Crippen LogP contribution >= 0.6 is 0 Å². The first-order chi connectivity index (χ1) is 7.97. The van der Waals surface area contributed by atoms with Gasteiger partial charge in [-0.3, -0.25) is 4.79 Å². The van der Waals surface area contributed by atoms with E-state index in [0.717, 1.165) is 11.1 Å². The summed E-state index contributed by atoms with van der Waals surface area (Å²) in [7, 11) is 0. The van der Waals surface area contributed by atoms with Crippen molar-refractivity contribution in [3.05, 3.63) is 34.9 Å². The molecule has 0 heterocycles. The first-order valence-electron chi connectivity index (χ1n) is 5.13. The molecule has 1 unspecified atom stereocenters. The number of nitrogens with one attached hydrogen (secondary N) is 1. The molecular formula is C12H14FNO3. The molecule has 5 heteroatoms. The van der Waals surface area contributed by atoms with Crippen LogP contribution in [0.15, 0.2) is 18.2 Å². The average Bonchev–Trinajstić information content (AvgIpc) is 2.25. The van der Waals surface area contributed by atoms with Crippen molar-refractivity contribution in [1.82, 2.24) is 5.32 Å². The van der Waals surface area contributed by atoms with Gasteiger partial charge in [0.1, 0.15) is 6.67 Å². The zero-order valence-corrected chi connectivity index (χ0v) is 9.66. The highest BCUT2D eigenvalue weighted by Gasteiger charge is 2.21. The number of amides is 1. The third-order valence-corrected chi connectivity index (χ3v) is 2.47. The number of carboxylic acid groups (broad SMARTS) is 1. The summed E-state index contributed by atoms with van der Waals surface area (Å²) in [5.74, 6) is -1.95. The van der Waals surface area contributed by atoms with E-state index < -0.39 is 24.6 Å². The number of aliphatic carboxylic acids is 1. The summed E-state index contributed by atoms with van der Waals surface area (Å²) in [6, 6.07) is 3.78. The van der Waals surface area contributed by atoms with Crippen LogP contribution in [0.1, 0.15) is 21.5 Å². The van der Waals surface area contributed by atoms with Crippen molar-refractivity contribution >= 4 is 11.9 Å². The van der Waals surface area contributed by atoms with Gasteiger partial charge in [0.2, 0.25) is 0 Å². The molecule has 92 valence electrons. The molecule has 1 aromatic rings. The number of carbonyl (C=O) groups excluding carboxylic acids is 1. The van der Waals surface area contributed by atoms with Crippen molar-refractivity contribution < 1.29 is 19.1 Å². The summed E-state index contributed by atoms with van der Waals surface area (Å²) in [5.41, 5.74) is 1.85. The maximum atomic E-state index is 12.4. The van der Waals surface area contributed by atoms with E-state index in [1.165, 1.54) is 0 Å². The highest BCUT2D eigenvalue weighted by atomic mass is 19.1. The van der Waals surface area contributed by atoms with Gasteiger partial charge in [-0.1, -0.05) is 18.2 Å². The van der Waals surface area contributed by atoms with Gasteiger partial charge in [0.15, 0.2) is 6.04 Å². The molecule has 0 aliphatic rings. The van der Waals surface area contributed by atoms with Gasteiger partial charge >= 0.3 is 5.97 Å². The third kappa shape index (κ3) is 3.03. The van der Waals surface area contributed by atoms with Gasteiger partial charge < -0.3 is 10.4 Å². The zero-order chi connectivity index (χ0) is 13.0. The van der Waals surface area contributed by atoms with Gasteiger partial charge in [-0.2, -0.15) is 0 Å². The van der Waals surface area contributed by atoms with Crippen molar-refractivity contribution in [2.75, 3.05) is 6.67 Å². The fourth-order valence-corrected chi connectivity index (χ4v) is 1.57. The highest BCUT2D eigenvalue weighted by molar-refractivity contribution is 5.99. The van der Waals surface area contributed by atoms with Gasteiger partial charge in [-0.05, 0) is 25.0 Å². The second-order valence-electron chi connectivity index (χ2n) is 3.79. The Morgan fingerprint density at radius 1 is 1.35 bits per heavy atom. The Labute approximate surface area is 98.5 Å². The van der Waals surface area contributed by atoms with E-state index in [9.17, 15) is 14.0 Å². The first-order valence-corrected chi connectivity index (χ1v) is 5.13. The number of aryl methyl sites for hydroxylation is 2. The number of halogens is 1.